The van der Waals surface area contributed by atoms with Crippen LogP contribution in [0.1, 0.15) is 43.1 Å². The van der Waals surface area contributed by atoms with Crippen molar-refractivity contribution in [2.75, 3.05) is 0 Å². The Morgan fingerprint density at radius 2 is 2.12 bits per heavy atom. The topological polar surface area (TPSA) is 30.2 Å². The maximum Gasteiger partial charge on any atom is 0.157 e. The summed E-state index contributed by atoms with van der Waals surface area (Å²) in [5.74, 6) is 0. The van der Waals surface area contributed by atoms with Gasteiger partial charge in [0, 0.05) is 17.3 Å². The molecule has 0 saturated heterocycles. The Morgan fingerprint density at radius 1 is 1.29 bits per heavy atom. The lowest BCUT2D eigenvalue weighted by Crippen LogP contribution is -2.03. The van der Waals surface area contributed by atoms with Crippen molar-refractivity contribution in [2.24, 2.45) is 0 Å². The van der Waals surface area contributed by atoms with Gasteiger partial charge in [0.1, 0.15) is 5.15 Å². The molecule has 2 aromatic heterocycles. The summed E-state index contributed by atoms with van der Waals surface area (Å²) in [6.07, 6.45) is 6.72. The summed E-state index contributed by atoms with van der Waals surface area (Å²) in [5.41, 5.74) is 4.34. The van der Waals surface area contributed by atoms with Crippen LogP contribution in [0.15, 0.2) is 6.07 Å². The van der Waals surface area contributed by atoms with Crippen LogP contribution in [0.2, 0.25) is 5.15 Å². The fourth-order valence-corrected chi connectivity index (χ4v) is 2.82. The number of aromatic nitrogens is 3. The molecule has 0 fully saturated rings. The van der Waals surface area contributed by atoms with Crippen LogP contribution in [0, 0.1) is 0 Å². The summed E-state index contributed by atoms with van der Waals surface area (Å²) in [7, 11) is 0. The normalized spacial score (nSPS) is 15.9. The molecule has 0 amide bonds. The molecule has 0 bridgehead atoms. The first kappa shape index (κ1) is 11.0. The van der Waals surface area contributed by atoms with Gasteiger partial charge < -0.3 is 0 Å². The molecule has 0 spiro atoms. The molecule has 0 atom stereocenters. The van der Waals surface area contributed by atoms with E-state index in [1.54, 1.807) is 4.52 Å². The highest BCUT2D eigenvalue weighted by Crippen LogP contribution is 2.27. The van der Waals surface area contributed by atoms with Crippen LogP contribution in [-0.2, 0) is 19.3 Å². The molecule has 0 radical (unpaired) electrons. The van der Waals surface area contributed by atoms with Crippen molar-refractivity contribution in [3.8, 4) is 0 Å². The summed E-state index contributed by atoms with van der Waals surface area (Å²) in [6.45, 7) is 2.10. The van der Waals surface area contributed by atoms with Crippen LogP contribution in [0.5, 0.6) is 0 Å². The van der Waals surface area contributed by atoms with Gasteiger partial charge in [-0.25, -0.2) is 9.50 Å². The van der Waals surface area contributed by atoms with Crippen molar-refractivity contribution in [1.82, 2.24) is 14.6 Å². The first-order valence-corrected chi connectivity index (χ1v) is 6.73. The molecule has 1 aliphatic carbocycles. The number of hydrogen-bond donors (Lipinski definition) is 0. The van der Waals surface area contributed by atoms with Gasteiger partial charge in [0.05, 0.1) is 5.69 Å². The zero-order valence-corrected chi connectivity index (χ0v) is 10.8. The molecule has 90 valence electrons. The van der Waals surface area contributed by atoms with Gasteiger partial charge in [0.25, 0.3) is 0 Å². The molecule has 3 nitrogen and oxygen atoms in total. The number of fused-ring (bicyclic) bond motifs is 2. The predicted octanol–water partition coefficient (Wildman–Crippen LogP) is 3.21. The van der Waals surface area contributed by atoms with Gasteiger partial charge in [-0.05, 0) is 32.1 Å². The zero-order chi connectivity index (χ0) is 11.8. The van der Waals surface area contributed by atoms with E-state index in [-0.39, 0.29) is 0 Å². The number of hydrogen-bond acceptors (Lipinski definition) is 2. The van der Waals surface area contributed by atoms with Crippen molar-refractivity contribution < 1.29 is 0 Å². The SMILES string of the molecule is CCc1cc2nc3c(c(Cl)n2n1)CCCCC3. The van der Waals surface area contributed by atoms with E-state index in [9.17, 15) is 0 Å². The average Bonchev–Trinajstić information content (AvgIpc) is 2.60. The summed E-state index contributed by atoms with van der Waals surface area (Å²) < 4.78 is 1.80. The first-order valence-electron chi connectivity index (χ1n) is 6.35. The number of nitrogens with zero attached hydrogens (tertiary/aromatic N) is 3. The van der Waals surface area contributed by atoms with E-state index in [0.717, 1.165) is 35.8 Å². The highest BCUT2D eigenvalue weighted by atomic mass is 35.5. The Morgan fingerprint density at radius 3 is 2.94 bits per heavy atom. The summed E-state index contributed by atoms with van der Waals surface area (Å²) >= 11 is 6.46. The summed E-state index contributed by atoms with van der Waals surface area (Å²) in [4.78, 5) is 4.72. The lowest BCUT2D eigenvalue weighted by molar-refractivity contribution is 0.709. The van der Waals surface area contributed by atoms with Crippen LogP contribution in [0.4, 0.5) is 0 Å². The molecule has 0 aromatic carbocycles. The van der Waals surface area contributed by atoms with Crippen molar-refractivity contribution in [2.45, 2.75) is 45.4 Å². The fraction of sp³-hybridized carbons (Fsp3) is 0.538. The lowest BCUT2D eigenvalue weighted by Gasteiger charge is -2.08. The average molecular weight is 250 g/mol. The highest BCUT2D eigenvalue weighted by molar-refractivity contribution is 6.30. The summed E-state index contributed by atoms with van der Waals surface area (Å²) in [5, 5.41) is 5.26. The van der Waals surface area contributed by atoms with Crippen molar-refractivity contribution in [1.29, 1.82) is 0 Å². The van der Waals surface area contributed by atoms with Crippen molar-refractivity contribution in [3.63, 3.8) is 0 Å². The predicted molar refractivity (Wildman–Crippen MR) is 68.6 cm³/mol. The third-order valence-corrected chi connectivity index (χ3v) is 3.86. The third-order valence-electron chi connectivity index (χ3n) is 3.48. The minimum atomic E-state index is 0.770. The highest BCUT2D eigenvalue weighted by Gasteiger charge is 2.17. The number of rotatable bonds is 1. The Kier molecular flexibility index (Phi) is 2.79. The third kappa shape index (κ3) is 1.82. The second kappa shape index (κ2) is 4.30. The summed E-state index contributed by atoms with van der Waals surface area (Å²) in [6, 6.07) is 2.04. The molecule has 0 saturated carbocycles. The number of aryl methyl sites for hydroxylation is 2. The first-order chi connectivity index (χ1) is 8.29. The quantitative estimate of drug-likeness (QED) is 0.574. The van der Waals surface area contributed by atoms with E-state index in [4.69, 9.17) is 16.6 Å². The molecule has 0 unspecified atom stereocenters. The van der Waals surface area contributed by atoms with Crippen LogP contribution in [-0.4, -0.2) is 14.6 Å². The zero-order valence-electron chi connectivity index (χ0n) is 10.0. The van der Waals surface area contributed by atoms with Gasteiger partial charge in [-0.2, -0.15) is 5.10 Å². The van der Waals surface area contributed by atoms with E-state index < -0.39 is 0 Å². The Balaban J connectivity index is 2.23. The largest absolute Gasteiger partial charge is 0.233 e. The van der Waals surface area contributed by atoms with Crippen LogP contribution in [0.25, 0.3) is 5.65 Å². The van der Waals surface area contributed by atoms with Crippen LogP contribution >= 0.6 is 11.6 Å². The maximum atomic E-state index is 6.46. The minimum absolute atomic E-state index is 0.770. The van der Waals surface area contributed by atoms with Gasteiger partial charge in [0.15, 0.2) is 5.65 Å². The maximum absolute atomic E-state index is 6.46. The van der Waals surface area contributed by atoms with E-state index in [2.05, 4.69) is 12.0 Å². The van der Waals surface area contributed by atoms with Crippen molar-refractivity contribution in [3.05, 3.63) is 28.2 Å². The fourth-order valence-electron chi connectivity index (χ4n) is 2.49. The van der Waals surface area contributed by atoms with Crippen LogP contribution < -0.4 is 0 Å². The van der Waals surface area contributed by atoms with Gasteiger partial charge in [-0.15, -0.1) is 0 Å². The molecule has 2 aromatic rings. The van der Waals surface area contributed by atoms with E-state index in [1.165, 1.54) is 30.5 Å². The van der Waals surface area contributed by atoms with E-state index in [1.807, 2.05) is 6.07 Å². The van der Waals surface area contributed by atoms with Gasteiger partial charge in [-0.1, -0.05) is 24.9 Å². The standard InChI is InChI=1S/C13H16ClN3/c1-2-9-8-12-15-11-7-5-3-4-6-10(11)13(14)17(12)16-9/h8H,2-7H2,1H3. The Labute approximate surface area is 106 Å². The van der Waals surface area contributed by atoms with E-state index >= 15 is 0 Å². The lowest BCUT2D eigenvalue weighted by atomic mass is 10.1. The van der Waals surface area contributed by atoms with Gasteiger partial charge in [-0.3, -0.25) is 0 Å². The second-order valence-corrected chi connectivity index (χ2v) is 5.01. The second-order valence-electron chi connectivity index (χ2n) is 4.65. The number of halogens is 1. The van der Waals surface area contributed by atoms with E-state index in [0.29, 0.717) is 0 Å². The molecule has 1 aliphatic rings. The molecular formula is C13H16ClN3. The smallest absolute Gasteiger partial charge is 0.157 e. The molecular weight excluding hydrogens is 234 g/mol. The Hall–Kier alpha value is -1.09. The van der Waals surface area contributed by atoms with Gasteiger partial charge in [0.2, 0.25) is 0 Å². The molecule has 4 heteroatoms. The van der Waals surface area contributed by atoms with Crippen molar-refractivity contribution >= 4 is 17.2 Å². The minimum Gasteiger partial charge on any atom is -0.233 e. The molecule has 2 heterocycles. The Bertz CT molecular complexity index is 559. The monoisotopic (exact) mass is 249 g/mol. The van der Waals surface area contributed by atoms with Gasteiger partial charge >= 0.3 is 0 Å². The molecule has 17 heavy (non-hydrogen) atoms. The van der Waals surface area contributed by atoms with Crippen LogP contribution in [0.3, 0.4) is 0 Å². The molecule has 3 rings (SSSR count). The molecule has 0 N–H and O–H groups in total. The molecule has 0 aliphatic heterocycles.